The second kappa shape index (κ2) is 8.28. The third-order valence-corrected chi connectivity index (χ3v) is 5.69. The van der Waals surface area contributed by atoms with E-state index in [0.29, 0.717) is 40.0 Å². The summed E-state index contributed by atoms with van der Waals surface area (Å²) in [5.74, 6) is -0.0427. The van der Waals surface area contributed by atoms with E-state index in [9.17, 15) is 15.0 Å². The summed E-state index contributed by atoms with van der Waals surface area (Å²) >= 11 is 0. The fourth-order valence-electron chi connectivity index (χ4n) is 3.87. The summed E-state index contributed by atoms with van der Waals surface area (Å²) in [7, 11) is 0. The Labute approximate surface area is 180 Å². The van der Waals surface area contributed by atoms with Crippen molar-refractivity contribution in [1.82, 2.24) is 9.97 Å². The second-order valence-corrected chi connectivity index (χ2v) is 8.65. The minimum atomic E-state index is -1.20. The maximum Gasteiger partial charge on any atom is 0.298 e. The van der Waals surface area contributed by atoms with Crippen LogP contribution in [0, 0.1) is 12.8 Å². The van der Waals surface area contributed by atoms with Crippen molar-refractivity contribution in [2.75, 3.05) is 29.9 Å². The van der Waals surface area contributed by atoms with Gasteiger partial charge in [-0.25, -0.2) is 4.98 Å². The second-order valence-electron chi connectivity index (χ2n) is 8.65. The molecule has 0 aliphatic carbocycles. The van der Waals surface area contributed by atoms with Crippen LogP contribution < -0.4 is 10.2 Å². The first-order valence-electron chi connectivity index (χ1n) is 10.5. The molecule has 0 spiro atoms. The van der Waals surface area contributed by atoms with Crippen LogP contribution in [0.1, 0.15) is 48.4 Å². The van der Waals surface area contributed by atoms with Crippen molar-refractivity contribution in [3.63, 3.8) is 0 Å². The van der Waals surface area contributed by atoms with Crippen molar-refractivity contribution in [2.45, 2.75) is 39.2 Å². The average molecular weight is 425 g/mol. The molecular formula is C23H28N4O4. The molecule has 1 aliphatic rings. The zero-order valence-electron chi connectivity index (χ0n) is 18.1. The van der Waals surface area contributed by atoms with Crippen LogP contribution in [0.4, 0.5) is 11.7 Å². The van der Waals surface area contributed by atoms with Crippen LogP contribution in [-0.4, -0.2) is 45.8 Å². The van der Waals surface area contributed by atoms with Crippen molar-refractivity contribution in [3.8, 4) is 0 Å². The smallest absolute Gasteiger partial charge is 0.298 e. The highest BCUT2D eigenvalue weighted by Gasteiger charge is 2.26. The molecule has 4 rings (SSSR count). The standard InChI is InChI=1S/C23H28N4O4/c1-14-5-4-6-17(24-14)21(29)25-18-12-20-19(11-16(18)23(2,3)30)26-22(31-20)27-9-7-15(13-28)8-10-27/h4-6,11-12,15,28,30H,7-10,13H2,1-3H3,(H,25,29). The number of fused-ring (bicyclic) bond motifs is 1. The molecule has 8 heteroatoms. The number of aliphatic hydroxyl groups is 2. The molecule has 3 heterocycles. The van der Waals surface area contributed by atoms with Gasteiger partial charge >= 0.3 is 0 Å². The number of nitrogens with zero attached hydrogens (tertiary/aromatic N) is 3. The van der Waals surface area contributed by atoms with Crippen molar-refractivity contribution in [3.05, 3.63) is 47.3 Å². The summed E-state index contributed by atoms with van der Waals surface area (Å²) in [6.07, 6.45) is 1.77. The van der Waals surface area contributed by atoms with Gasteiger partial charge in [0.2, 0.25) is 0 Å². The molecule has 3 N–H and O–H groups in total. The van der Waals surface area contributed by atoms with Crippen LogP contribution in [0.15, 0.2) is 34.7 Å². The summed E-state index contributed by atoms with van der Waals surface area (Å²) < 4.78 is 5.99. The third-order valence-electron chi connectivity index (χ3n) is 5.69. The highest BCUT2D eigenvalue weighted by Crippen LogP contribution is 2.34. The Bertz CT molecular complexity index is 1090. The molecule has 0 atom stereocenters. The van der Waals surface area contributed by atoms with Crippen molar-refractivity contribution in [2.24, 2.45) is 5.92 Å². The number of piperidine rings is 1. The highest BCUT2D eigenvalue weighted by atomic mass is 16.4. The first kappa shape index (κ1) is 21.3. The lowest BCUT2D eigenvalue weighted by Gasteiger charge is -2.29. The maximum atomic E-state index is 12.8. The maximum absolute atomic E-state index is 12.8. The molecule has 1 amide bonds. The van der Waals surface area contributed by atoms with Gasteiger partial charge in [-0.3, -0.25) is 4.79 Å². The van der Waals surface area contributed by atoms with E-state index >= 15 is 0 Å². The van der Waals surface area contributed by atoms with Crippen LogP contribution in [0.3, 0.4) is 0 Å². The van der Waals surface area contributed by atoms with Crippen LogP contribution in [0.5, 0.6) is 0 Å². The number of benzene rings is 1. The predicted molar refractivity (Wildman–Crippen MR) is 118 cm³/mol. The minimum Gasteiger partial charge on any atom is -0.423 e. The Morgan fingerprint density at radius 3 is 2.65 bits per heavy atom. The fourth-order valence-corrected chi connectivity index (χ4v) is 3.87. The number of hydrogen-bond acceptors (Lipinski definition) is 7. The van der Waals surface area contributed by atoms with Crippen LogP contribution in [0.25, 0.3) is 11.1 Å². The number of nitrogens with one attached hydrogen (secondary N) is 1. The minimum absolute atomic E-state index is 0.204. The molecule has 0 saturated carbocycles. The first-order valence-corrected chi connectivity index (χ1v) is 10.5. The molecule has 0 unspecified atom stereocenters. The average Bonchev–Trinajstić information content (AvgIpc) is 3.15. The largest absolute Gasteiger partial charge is 0.423 e. The van der Waals surface area contributed by atoms with Crippen LogP contribution in [0.2, 0.25) is 0 Å². The molecule has 31 heavy (non-hydrogen) atoms. The molecule has 3 aromatic rings. The van der Waals surface area contributed by atoms with E-state index in [1.807, 2.05) is 13.0 Å². The number of aliphatic hydroxyl groups excluding tert-OH is 1. The number of aromatic nitrogens is 2. The van der Waals surface area contributed by atoms with Gasteiger partial charge in [0.1, 0.15) is 11.2 Å². The number of anilines is 2. The van der Waals surface area contributed by atoms with E-state index in [4.69, 9.17) is 4.42 Å². The normalized spacial score (nSPS) is 15.5. The zero-order valence-corrected chi connectivity index (χ0v) is 18.1. The quantitative estimate of drug-likeness (QED) is 0.576. The number of amides is 1. The van der Waals surface area contributed by atoms with Gasteiger partial charge in [-0.05, 0) is 57.7 Å². The molecule has 0 radical (unpaired) electrons. The Balaban J connectivity index is 1.66. The van der Waals surface area contributed by atoms with Gasteiger partial charge in [0, 0.05) is 37.0 Å². The van der Waals surface area contributed by atoms with Crippen molar-refractivity contribution < 1.29 is 19.4 Å². The molecule has 1 aliphatic heterocycles. The third kappa shape index (κ3) is 4.55. The summed E-state index contributed by atoms with van der Waals surface area (Å²) in [5.41, 5.74) is 1.98. The molecule has 8 nitrogen and oxygen atoms in total. The molecule has 0 bridgehead atoms. The van der Waals surface area contributed by atoms with Gasteiger partial charge in [0.05, 0.1) is 11.3 Å². The lowest BCUT2D eigenvalue weighted by molar-refractivity contribution is 0.0793. The summed E-state index contributed by atoms with van der Waals surface area (Å²) in [5, 5.41) is 22.9. The topological polar surface area (TPSA) is 112 Å². The Morgan fingerprint density at radius 1 is 1.26 bits per heavy atom. The number of carbonyl (C=O) groups excluding carboxylic acids is 1. The molecule has 1 saturated heterocycles. The van der Waals surface area contributed by atoms with Gasteiger partial charge in [-0.15, -0.1) is 0 Å². The molecular weight excluding hydrogens is 396 g/mol. The molecule has 1 fully saturated rings. The first-order chi connectivity index (χ1) is 14.7. The van der Waals surface area contributed by atoms with Crippen molar-refractivity contribution in [1.29, 1.82) is 0 Å². The predicted octanol–water partition coefficient (Wildman–Crippen LogP) is 3.22. The number of hydrogen-bond donors (Lipinski definition) is 3. The van der Waals surface area contributed by atoms with E-state index < -0.39 is 5.60 Å². The molecule has 2 aromatic heterocycles. The highest BCUT2D eigenvalue weighted by molar-refractivity contribution is 6.04. The summed E-state index contributed by atoms with van der Waals surface area (Å²) in [6, 6.07) is 9.21. The summed E-state index contributed by atoms with van der Waals surface area (Å²) in [4.78, 5) is 23.7. The van der Waals surface area contributed by atoms with E-state index in [2.05, 4.69) is 20.2 Å². The van der Waals surface area contributed by atoms with Gasteiger partial charge < -0.3 is 24.8 Å². The molecule has 164 valence electrons. The number of rotatable bonds is 5. The van der Waals surface area contributed by atoms with E-state index in [-0.39, 0.29) is 12.5 Å². The van der Waals surface area contributed by atoms with Crippen molar-refractivity contribution >= 4 is 28.7 Å². The van der Waals surface area contributed by atoms with Gasteiger partial charge in [-0.1, -0.05) is 6.07 Å². The molecule has 1 aromatic carbocycles. The van der Waals surface area contributed by atoms with Gasteiger partial charge in [0.15, 0.2) is 5.58 Å². The Hall–Kier alpha value is -2.97. The number of pyridine rings is 1. The van der Waals surface area contributed by atoms with Gasteiger partial charge in [-0.2, -0.15) is 4.98 Å². The summed E-state index contributed by atoms with van der Waals surface area (Å²) in [6.45, 7) is 6.88. The Morgan fingerprint density at radius 2 is 2.00 bits per heavy atom. The van der Waals surface area contributed by atoms with E-state index in [1.165, 1.54) is 0 Å². The van der Waals surface area contributed by atoms with Gasteiger partial charge in [0.25, 0.3) is 11.9 Å². The monoisotopic (exact) mass is 424 g/mol. The lowest BCUT2D eigenvalue weighted by atomic mass is 9.96. The SMILES string of the molecule is Cc1cccc(C(=O)Nc2cc3oc(N4CCC(CO)CC4)nc3cc2C(C)(C)O)n1. The zero-order chi connectivity index (χ0) is 22.2. The number of aryl methyl sites for hydroxylation is 1. The van der Waals surface area contributed by atoms with E-state index in [1.54, 1.807) is 38.1 Å². The fraction of sp³-hybridized carbons (Fsp3) is 0.435. The Kier molecular flexibility index (Phi) is 5.68. The van der Waals surface area contributed by atoms with Crippen LogP contribution >= 0.6 is 0 Å². The lowest BCUT2D eigenvalue weighted by Crippen LogP contribution is -2.34. The number of carbonyl (C=O) groups is 1. The number of oxazole rings is 1. The van der Waals surface area contributed by atoms with Crippen LogP contribution in [-0.2, 0) is 5.60 Å². The van der Waals surface area contributed by atoms with E-state index in [0.717, 1.165) is 31.6 Å².